The van der Waals surface area contributed by atoms with Crippen LogP contribution >= 0.6 is 11.6 Å². The number of hydrogen-bond acceptors (Lipinski definition) is 4. The zero-order valence-electron chi connectivity index (χ0n) is 20.1. The zero-order valence-corrected chi connectivity index (χ0v) is 20.9. The van der Waals surface area contributed by atoms with Crippen molar-refractivity contribution < 1.29 is 33.1 Å². The van der Waals surface area contributed by atoms with Crippen molar-refractivity contribution in [3.8, 4) is 0 Å². The Bertz CT molecular complexity index is 1240. The van der Waals surface area contributed by atoms with Gasteiger partial charge in [0.25, 0.3) is 17.6 Å². The number of benzene rings is 1. The fraction of sp³-hybridized carbons (Fsp3) is 0.462. The molecule has 2 aromatic rings. The van der Waals surface area contributed by atoms with E-state index in [9.17, 15) is 28.0 Å². The number of nitrogens with zero attached hydrogens (tertiary/aromatic N) is 1. The molecule has 2 heterocycles. The molecule has 1 aliphatic heterocycles. The zero-order chi connectivity index (χ0) is 26.7. The van der Waals surface area contributed by atoms with E-state index in [2.05, 4.69) is 10.6 Å². The molecule has 0 bridgehead atoms. The lowest BCUT2D eigenvalue weighted by atomic mass is 9.80. The van der Waals surface area contributed by atoms with Crippen molar-refractivity contribution in [1.29, 1.82) is 0 Å². The molecule has 1 saturated carbocycles. The van der Waals surface area contributed by atoms with E-state index in [0.29, 0.717) is 44.0 Å². The summed E-state index contributed by atoms with van der Waals surface area (Å²) >= 11 is 6.46. The Balaban J connectivity index is 1.40. The molecule has 2 amide bonds. The lowest BCUT2D eigenvalue weighted by Crippen LogP contribution is -2.36. The van der Waals surface area contributed by atoms with Crippen LogP contribution in [0.25, 0.3) is 0 Å². The van der Waals surface area contributed by atoms with Crippen molar-refractivity contribution >= 4 is 40.9 Å². The molecule has 4 rings (SSSR count). The van der Waals surface area contributed by atoms with Crippen LogP contribution in [0.15, 0.2) is 18.2 Å². The summed E-state index contributed by atoms with van der Waals surface area (Å²) in [6.45, 7) is 0.743. The predicted molar refractivity (Wildman–Crippen MR) is 132 cm³/mol. The molecule has 1 aromatic carbocycles. The summed E-state index contributed by atoms with van der Waals surface area (Å²) in [5, 5.41) is 13.9. The van der Waals surface area contributed by atoms with Crippen molar-refractivity contribution in [1.82, 2.24) is 9.88 Å². The maximum atomic E-state index is 13.6. The number of ketones is 1. The molecule has 1 aliphatic carbocycles. The molecule has 2 aliphatic rings. The lowest BCUT2D eigenvalue weighted by molar-refractivity contribution is -0.137. The highest BCUT2D eigenvalue weighted by Crippen LogP contribution is 2.34. The quantitative estimate of drug-likeness (QED) is 0.321. The maximum Gasteiger partial charge on any atom is 0.303 e. The average Bonchev–Trinajstić information content (AvgIpc) is 3.43. The van der Waals surface area contributed by atoms with Crippen LogP contribution < -0.4 is 10.6 Å². The second-order valence-electron chi connectivity index (χ2n) is 9.68. The van der Waals surface area contributed by atoms with Gasteiger partial charge in [0.15, 0.2) is 11.6 Å². The van der Waals surface area contributed by atoms with E-state index >= 15 is 0 Å². The summed E-state index contributed by atoms with van der Waals surface area (Å²) in [7, 11) is 0. The van der Waals surface area contributed by atoms with Crippen LogP contribution in [0, 0.1) is 23.5 Å². The van der Waals surface area contributed by atoms with E-state index in [4.69, 9.17) is 16.7 Å². The Labute approximate surface area is 217 Å². The van der Waals surface area contributed by atoms with Crippen molar-refractivity contribution in [2.24, 2.45) is 11.8 Å². The first-order valence-electron chi connectivity index (χ1n) is 12.4. The number of carbonyl (C=O) groups is 4. The highest BCUT2D eigenvalue weighted by Gasteiger charge is 2.34. The number of carbonyl (C=O) groups excluding carboxylic acids is 3. The average molecular weight is 536 g/mol. The Kier molecular flexibility index (Phi) is 8.26. The number of aliphatic carboxylic acids is 1. The van der Waals surface area contributed by atoms with Crippen LogP contribution in [0.5, 0.6) is 0 Å². The topological polar surface area (TPSA) is 118 Å². The molecule has 11 heteroatoms. The Hall–Kier alpha value is -3.27. The first kappa shape index (κ1) is 26.8. The van der Waals surface area contributed by atoms with Gasteiger partial charge >= 0.3 is 5.97 Å². The van der Waals surface area contributed by atoms with Crippen LogP contribution in [0.3, 0.4) is 0 Å². The van der Waals surface area contributed by atoms with Crippen molar-refractivity contribution in [3.05, 3.63) is 51.8 Å². The van der Waals surface area contributed by atoms with Gasteiger partial charge in [-0.05, 0) is 56.1 Å². The third-order valence-corrected chi connectivity index (χ3v) is 7.58. The Morgan fingerprint density at radius 3 is 2.43 bits per heavy atom. The summed E-state index contributed by atoms with van der Waals surface area (Å²) in [5.74, 6) is -4.73. The van der Waals surface area contributed by atoms with Gasteiger partial charge in [-0.1, -0.05) is 24.4 Å². The van der Waals surface area contributed by atoms with E-state index in [1.54, 1.807) is 4.57 Å². The van der Waals surface area contributed by atoms with Gasteiger partial charge in [-0.15, -0.1) is 0 Å². The highest BCUT2D eigenvalue weighted by molar-refractivity contribution is 6.48. The molecule has 0 saturated heterocycles. The molecule has 0 radical (unpaired) electrons. The van der Waals surface area contributed by atoms with Crippen LogP contribution in [0.1, 0.15) is 71.5 Å². The predicted octanol–water partition coefficient (Wildman–Crippen LogP) is 4.59. The van der Waals surface area contributed by atoms with Gasteiger partial charge in [-0.2, -0.15) is 0 Å². The number of amides is 2. The van der Waals surface area contributed by atoms with Crippen LogP contribution in [0.4, 0.5) is 14.5 Å². The largest absolute Gasteiger partial charge is 0.481 e. The van der Waals surface area contributed by atoms with Crippen molar-refractivity contribution in [2.75, 3.05) is 11.9 Å². The fourth-order valence-electron chi connectivity index (χ4n) is 5.24. The van der Waals surface area contributed by atoms with Gasteiger partial charge in [-0.3, -0.25) is 19.2 Å². The number of aromatic nitrogens is 1. The second kappa shape index (κ2) is 11.4. The summed E-state index contributed by atoms with van der Waals surface area (Å²) in [6, 6.07) is 2.94. The molecule has 1 aromatic heterocycles. The molecule has 3 N–H and O–H groups in total. The number of halogens is 3. The van der Waals surface area contributed by atoms with Gasteiger partial charge in [-0.25, -0.2) is 8.78 Å². The normalized spacial score (nSPS) is 18.8. The minimum absolute atomic E-state index is 0.0289. The third-order valence-electron chi connectivity index (χ3n) is 7.22. The van der Waals surface area contributed by atoms with E-state index in [1.807, 2.05) is 0 Å². The lowest BCUT2D eigenvalue weighted by Gasteiger charge is -2.28. The molecule has 198 valence electrons. The highest BCUT2D eigenvalue weighted by atomic mass is 35.5. The number of carboxylic acids is 1. The maximum absolute atomic E-state index is 13.6. The van der Waals surface area contributed by atoms with E-state index in [0.717, 1.165) is 37.8 Å². The molecule has 1 fully saturated rings. The SMILES string of the molecule is O=C(O)CCC1CCC(CNC(=O)C(=O)c2c(Cl)c(C(=O)Nc3ccc(F)c(F)c3)c3n2CCC3)CC1. The number of rotatable bonds is 9. The van der Waals surface area contributed by atoms with Crippen LogP contribution in [-0.2, 0) is 22.6 Å². The van der Waals surface area contributed by atoms with E-state index < -0.39 is 35.2 Å². The number of nitrogens with one attached hydrogen (secondary N) is 2. The smallest absolute Gasteiger partial charge is 0.303 e. The van der Waals surface area contributed by atoms with Gasteiger partial charge in [0.1, 0.15) is 5.69 Å². The summed E-state index contributed by atoms with van der Waals surface area (Å²) < 4.78 is 28.4. The van der Waals surface area contributed by atoms with Gasteiger partial charge in [0, 0.05) is 37.0 Å². The Morgan fingerprint density at radius 2 is 1.76 bits per heavy atom. The molecule has 0 spiro atoms. The van der Waals surface area contributed by atoms with E-state index in [1.165, 1.54) is 6.07 Å². The molecular formula is C26H28ClF2N3O5. The number of Topliss-reactive ketones (excluding diaryl/α,β-unsaturated/α-hetero) is 1. The van der Waals surface area contributed by atoms with Crippen LogP contribution in [-0.4, -0.2) is 39.8 Å². The fourth-order valence-corrected chi connectivity index (χ4v) is 5.62. The van der Waals surface area contributed by atoms with Crippen molar-refractivity contribution in [2.45, 2.75) is 57.9 Å². The summed E-state index contributed by atoms with van der Waals surface area (Å²) in [5.41, 5.74) is 0.529. The van der Waals surface area contributed by atoms with Gasteiger partial charge < -0.3 is 20.3 Å². The first-order valence-corrected chi connectivity index (χ1v) is 12.7. The standard InChI is InChI=1S/C26H28ClF2N3O5/c27-22-21(25(36)31-16-8-9-17(28)18(29)12-16)19-2-1-11-32(19)23(22)24(35)26(37)30-13-15-5-3-14(4-6-15)7-10-20(33)34/h8-9,12,14-15H,1-7,10-11,13H2,(H,30,37)(H,31,36)(H,33,34). The van der Waals surface area contributed by atoms with Crippen molar-refractivity contribution in [3.63, 3.8) is 0 Å². The summed E-state index contributed by atoms with van der Waals surface area (Å²) in [6.07, 6.45) is 5.39. The second-order valence-corrected chi connectivity index (χ2v) is 10.1. The van der Waals surface area contributed by atoms with Gasteiger partial charge in [0.05, 0.1) is 10.6 Å². The number of carboxylic acid groups (broad SMARTS) is 1. The third kappa shape index (κ3) is 6.01. The van der Waals surface area contributed by atoms with E-state index in [-0.39, 0.29) is 34.3 Å². The minimum Gasteiger partial charge on any atom is -0.481 e. The number of fused-ring (bicyclic) bond motifs is 1. The molecule has 8 nitrogen and oxygen atoms in total. The molecular weight excluding hydrogens is 508 g/mol. The Morgan fingerprint density at radius 1 is 1.05 bits per heavy atom. The molecule has 0 atom stereocenters. The number of hydrogen-bond donors (Lipinski definition) is 3. The monoisotopic (exact) mass is 535 g/mol. The molecule has 37 heavy (non-hydrogen) atoms. The van der Waals surface area contributed by atoms with Gasteiger partial charge in [0.2, 0.25) is 0 Å². The number of anilines is 1. The molecule has 0 unspecified atom stereocenters. The minimum atomic E-state index is -1.12. The van der Waals surface area contributed by atoms with Crippen LogP contribution in [0.2, 0.25) is 5.02 Å². The summed E-state index contributed by atoms with van der Waals surface area (Å²) in [4.78, 5) is 49.6. The first-order chi connectivity index (χ1) is 17.7.